The predicted octanol–water partition coefficient (Wildman–Crippen LogP) is 4.76. The number of nitrogens with one attached hydrogen (secondary N) is 1. The lowest BCUT2D eigenvalue weighted by Crippen LogP contribution is -2.43. The van der Waals surface area contributed by atoms with Gasteiger partial charge in [0.1, 0.15) is 11.9 Å². The molecule has 0 bridgehead atoms. The zero-order valence-corrected chi connectivity index (χ0v) is 18.9. The van der Waals surface area contributed by atoms with Crippen molar-refractivity contribution in [1.29, 1.82) is 0 Å². The summed E-state index contributed by atoms with van der Waals surface area (Å²) >= 11 is 1.32. The van der Waals surface area contributed by atoms with Gasteiger partial charge in [0, 0.05) is 11.3 Å². The molecule has 1 N–H and O–H groups in total. The molecule has 160 valence electrons. The second-order valence-corrected chi connectivity index (χ2v) is 9.27. The lowest BCUT2D eigenvalue weighted by molar-refractivity contribution is -0.125. The molecule has 0 unspecified atom stereocenters. The molecule has 6 nitrogen and oxygen atoms in total. The zero-order valence-electron chi connectivity index (χ0n) is 18.1. The van der Waals surface area contributed by atoms with Crippen LogP contribution in [0.5, 0.6) is 0 Å². The summed E-state index contributed by atoms with van der Waals surface area (Å²) in [5, 5.41) is 3.11. The van der Waals surface area contributed by atoms with Gasteiger partial charge in [-0.25, -0.2) is 9.89 Å². The van der Waals surface area contributed by atoms with Crippen molar-refractivity contribution in [2.24, 2.45) is 15.9 Å². The molecule has 0 fully saturated rings. The fourth-order valence-corrected chi connectivity index (χ4v) is 4.70. The Morgan fingerprint density at radius 1 is 1.19 bits per heavy atom. The summed E-state index contributed by atoms with van der Waals surface area (Å²) in [5.74, 6) is 0.520. The van der Waals surface area contributed by atoms with Crippen molar-refractivity contribution in [2.45, 2.75) is 45.4 Å². The second-order valence-electron chi connectivity index (χ2n) is 8.10. The summed E-state index contributed by atoms with van der Waals surface area (Å²) in [6.45, 7) is 7.93. The van der Waals surface area contributed by atoms with E-state index < -0.39 is 11.3 Å². The van der Waals surface area contributed by atoms with Crippen molar-refractivity contribution < 1.29 is 9.59 Å². The minimum atomic E-state index is -0.437. The summed E-state index contributed by atoms with van der Waals surface area (Å²) in [6.07, 6.45) is 0.602. The Hall–Kier alpha value is -2.93. The summed E-state index contributed by atoms with van der Waals surface area (Å²) in [6, 6.07) is 15.0. The Balaban J connectivity index is 1.63. The van der Waals surface area contributed by atoms with E-state index in [1.165, 1.54) is 11.8 Å². The maximum atomic E-state index is 13.2. The van der Waals surface area contributed by atoms with Crippen LogP contribution in [-0.2, 0) is 9.59 Å². The molecule has 0 spiro atoms. The highest BCUT2D eigenvalue weighted by Gasteiger charge is 2.43. The number of hydrogen-bond donors (Lipinski definition) is 1. The van der Waals surface area contributed by atoms with Crippen LogP contribution in [0.4, 0.5) is 11.4 Å². The molecule has 2 aliphatic heterocycles. The van der Waals surface area contributed by atoms with Crippen LogP contribution in [0.2, 0.25) is 0 Å². The Morgan fingerprint density at radius 2 is 1.97 bits per heavy atom. The van der Waals surface area contributed by atoms with E-state index in [2.05, 4.69) is 5.32 Å². The predicted molar refractivity (Wildman–Crippen MR) is 127 cm³/mol. The van der Waals surface area contributed by atoms with Crippen molar-refractivity contribution in [3.05, 3.63) is 59.7 Å². The van der Waals surface area contributed by atoms with E-state index >= 15 is 0 Å². The molecule has 7 heteroatoms. The van der Waals surface area contributed by atoms with Gasteiger partial charge in [-0.3, -0.25) is 14.6 Å². The van der Waals surface area contributed by atoms with Gasteiger partial charge in [0.25, 0.3) is 5.91 Å². The number of rotatable bonds is 5. The van der Waals surface area contributed by atoms with Crippen LogP contribution in [0.3, 0.4) is 0 Å². The molecule has 0 saturated heterocycles. The first-order valence-corrected chi connectivity index (χ1v) is 11.4. The highest BCUT2D eigenvalue weighted by molar-refractivity contribution is 8.15. The number of carbonyl (C=O) groups excluding carboxylic acids is 2. The first-order chi connectivity index (χ1) is 14.9. The zero-order chi connectivity index (χ0) is 22.1. The molecule has 2 aliphatic rings. The maximum Gasteiger partial charge on any atom is 0.259 e. The van der Waals surface area contributed by atoms with E-state index in [1.54, 1.807) is 4.90 Å². The van der Waals surface area contributed by atoms with Crippen LogP contribution < -0.4 is 5.32 Å². The van der Waals surface area contributed by atoms with Crippen molar-refractivity contribution >= 4 is 46.0 Å². The molecule has 2 aromatic carbocycles. The van der Waals surface area contributed by atoms with Crippen molar-refractivity contribution in [2.75, 3.05) is 5.32 Å². The van der Waals surface area contributed by atoms with Crippen LogP contribution in [0.25, 0.3) is 0 Å². The van der Waals surface area contributed by atoms with Crippen LogP contribution in [0.15, 0.2) is 58.5 Å². The summed E-state index contributed by atoms with van der Waals surface area (Å²) < 4.78 is 0. The second kappa shape index (κ2) is 8.67. The minimum Gasteiger partial charge on any atom is -0.325 e. The number of anilines is 1. The van der Waals surface area contributed by atoms with E-state index in [0.717, 1.165) is 22.5 Å². The molecule has 2 atom stereocenters. The van der Waals surface area contributed by atoms with Gasteiger partial charge < -0.3 is 5.32 Å². The van der Waals surface area contributed by atoms with E-state index in [9.17, 15) is 9.59 Å². The number of amidine groups is 2. The number of aliphatic imine (C=N–C) groups is 2. The third-order valence-electron chi connectivity index (χ3n) is 5.33. The van der Waals surface area contributed by atoms with Crippen LogP contribution >= 0.6 is 11.8 Å². The molecule has 0 radical (unpaired) electrons. The smallest absolute Gasteiger partial charge is 0.259 e. The number of amides is 2. The SMILES string of the molecule is CC[C@@H](SC1=Nc2ccccc2C2=N[C@@H](C(C)C)C(=O)N12)C(=O)Nc1cccc(C)c1. The number of fused-ring (bicyclic) bond motifs is 3. The van der Waals surface area contributed by atoms with Gasteiger partial charge in [-0.1, -0.05) is 56.8 Å². The van der Waals surface area contributed by atoms with Gasteiger partial charge >= 0.3 is 0 Å². The quantitative estimate of drug-likeness (QED) is 0.737. The Kier molecular flexibility index (Phi) is 5.96. The van der Waals surface area contributed by atoms with Crippen molar-refractivity contribution in [1.82, 2.24) is 4.90 Å². The number of hydrogen-bond acceptors (Lipinski definition) is 5. The van der Waals surface area contributed by atoms with Gasteiger partial charge in [-0.2, -0.15) is 0 Å². The first kappa shape index (κ1) is 21.3. The summed E-state index contributed by atoms with van der Waals surface area (Å²) in [4.78, 5) is 37.3. The topological polar surface area (TPSA) is 74.1 Å². The molecule has 2 heterocycles. The van der Waals surface area contributed by atoms with Crippen molar-refractivity contribution in [3.63, 3.8) is 0 Å². The molecule has 0 aromatic heterocycles. The lowest BCUT2D eigenvalue weighted by Gasteiger charge is -2.27. The first-order valence-electron chi connectivity index (χ1n) is 10.5. The Bertz CT molecular complexity index is 1090. The van der Waals surface area contributed by atoms with E-state index in [1.807, 2.05) is 76.2 Å². The average molecular weight is 435 g/mol. The largest absolute Gasteiger partial charge is 0.325 e. The van der Waals surface area contributed by atoms with Gasteiger partial charge in [-0.05, 0) is 49.1 Å². The number of para-hydroxylation sites is 1. The Morgan fingerprint density at radius 3 is 2.68 bits per heavy atom. The highest BCUT2D eigenvalue weighted by Crippen LogP contribution is 2.36. The Labute approximate surface area is 186 Å². The number of aryl methyl sites for hydroxylation is 1. The van der Waals surface area contributed by atoms with Crippen LogP contribution in [0.1, 0.15) is 38.3 Å². The molecule has 0 saturated carbocycles. The van der Waals surface area contributed by atoms with Gasteiger partial charge in [0.05, 0.1) is 10.9 Å². The van der Waals surface area contributed by atoms with Crippen molar-refractivity contribution in [3.8, 4) is 0 Å². The van der Waals surface area contributed by atoms with Gasteiger partial charge in [-0.15, -0.1) is 0 Å². The third-order valence-corrected chi connectivity index (χ3v) is 6.64. The third kappa shape index (κ3) is 4.14. The van der Waals surface area contributed by atoms with E-state index in [4.69, 9.17) is 9.98 Å². The van der Waals surface area contributed by atoms with E-state index in [0.29, 0.717) is 17.4 Å². The molecule has 2 amide bonds. The van der Waals surface area contributed by atoms with E-state index in [-0.39, 0.29) is 17.7 Å². The summed E-state index contributed by atoms with van der Waals surface area (Å²) in [5.41, 5.74) is 3.46. The fraction of sp³-hybridized carbons (Fsp3) is 0.333. The monoisotopic (exact) mass is 434 g/mol. The molecule has 31 heavy (non-hydrogen) atoms. The normalized spacial score (nSPS) is 18.3. The average Bonchev–Trinajstić information content (AvgIpc) is 3.10. The van der Waals surface area contributed by atoms with Crippen LogP contribution in [0, 0.1) is 12.8 Å². The number of thioether (sulfide) groups is 1. The molecular formula is C24H26N4O2S. The summed E-state index contributed by atoms with van der Waals surface area (Å²) in [7, 11) is 0. The van der Waals surface area contributed by atoms with Gasteiger partial charge in [0.2, 0.25) is 5.91 Å². The maximum absolute atomic E-state index is 13.2. The molecule has 0 aliphatic carbocycles. The molecular weight excluding hydrogens is 408 g/mol. The van der Waals surface area contributed by atoms with Gasteiger partial charge in [0.15, 0.2) is 5.17 Å². The highest BCUT2D eigenvalue weighted by atomic mass is 32.2. The number of benzene rings is 2. The lowest BCUT2D eigenvalue weighted by atomic mass is 10.1. The number of carbonyl (C=O) groups is 2. The minimum absolute atomic E-state index is 0.0793. The molecule has 2 aromatic rings. The standard InChI is InChI=1S/C24H26N4O2S/c1-5-19(22(29)25-16-10-8-9-15(4)13-16)31-24-26-18-12-7-6-11-17(18)21-27-20(14(2)3)23(30)28(21)24/h6-14,19-20H,5H2,1-4H3,(H,25,29)/t19-,20+/m1/s1. The number of nitrogens with zero attached hydrogens (tertiary/aromatic N) is 3. The molecule has 4 rings (SSSR count). The van der Waals surface area contributed by atoms with Crippen LogP contribution in [-0.4, -0.2) is 39.0 Å². The fourth-order valence-electron chi connectivity index (χ4n) is 3.68.